The zero-order chi connectivity index (χ0) is 22.4. The Hall–Kier alpha value is -2.64. The van der Waals surface area contributed by atoms with Crippen molar-refractivity contribution in [1.82, 2.24) is 4.98 Å². The normalized spacial score (nSPS) is 33.8. The minimum Gasteiger partial charge on any atom is -0.307 e. The second-order valence-electron chi connectivity index (χ2n) is 9.72. The summed E-state index contributed by atoms with van der Waals surface area (Å²) in [5.74, 6) is 0.0616. The minimum atomic E-state index is -0.255. The third-order valence-corrected chi connectivity index (χ3v) is 10.8. The van der Waals surface area contributed by atoms with Crippen molar-refractivity contribution < 1.29 is 9.59 Å². The van der Waals surface area contributed by atoms with E-state index in [-0.39, 0.29) is 57.4 Å². The van der Waals surface area contributed by atoms with Crippen LogP contribution in [-0.4, -0.2) is 22.0 Å². The number of aryl methyl sites for hydroxylation is 1. The number of carbonyl (C=O) groups excluding carboxylic acids is 2. The van der Waals surface area contributed by atoms with Crippen molar-refractivity contribution in [3.8, 4) is 0 Å². The molecule has 3 aromatic rings. The van der Waals surface area contributed by atoms with Gasteiger partial charge < -0.3 is 4.98 Å². The molecule has 3 heterocycles. The smallest absolute Gasteiger partial charge is 0.305 e. The summed E-state index contributed by atoms with van der Waals surface area (Å²) in [6, 6.07) is 18.0. The van der Waals surface area contributed by atoms with Crippen LogP contribution >= 0.6 is 23.1 Å². The van der Waals surface area contributed by atoms with Crippen LogP contribution < -0.4 is 9.77 Å². The van der Waals surface area contributed by atoms with Gasteiger partial charge in [-0.25, -0.2) is 0 Å². The highest BCUT2D eigenvalue weighted by Gasteiger charge is 2.69. The van der Waals surface area contributed by atoms with Crippen LogP contribution in [0.1, 0.15) is 28.3 Å². The summed E-state index contributed by atoms with van der Waals surface area (Å²) < 4.78 is 0. The summed E-state index contributed by atoms with van der Waals surface area (Å²) in [5, 5.41) is 1.19. The fourth-order valence-corrected chi connectivity index (χ4v) is 9.89. The molecule has 4 aliphatic rings. The number of thiazole rings is 1. The summed E-state index contributed by atoms with van der Waals surface area (Å²) in [7, 11) is 0. The molecular weight excluding hydrogens is 452 g/mol. The van der Waals surface area contributed by atoms with Crippen LogP contribution in [0.5, 0.6) is 0 Å². The van der Waals surface area contributed by atoms with Crippen LogP contribution in [-0.2, 0) is 9.59 Å². The molecule has 2 bridgehead atoms. The van der Waals surface area contributed by atoms with Crippen molar-refractivity contribution in [3.63, 3.8) is 0 Å². The lowest BCUT2D eigenvalue weighted by molar-refractivity contribution is -0.123. The molecule has 1 saturated heterocycles. The second-order valence-corrected chi connectivity index (χ2v) is 11.9. The second kappa shape index (κ2) is 6.93. The average molecular weight is 475 g/mol. The molecule has 2 amide bonds. The highest BCUT2D eigenvalue weighted by atomic mass is 32.2. The first-order valence-electron chi connectivity index (χ1n) is 11.4. The molecule has 166 valence electrons. The van der Waals surface area contributed by atoms with E-state index in [0.29, 0.717) is 5.69 Å². The summed E-state index contributed by atoms with van der Waals surface area (Å²) in [6.07, 6.45) is 0.916. The molecule has 3 fully saturated rings. The molecule has 7 heteroatoms. The number of benzene rings is 2. The number of aromatic nitrogens is 1. The van der Waals surface area contributed by atoms with E-state index in [1.807, 2.05) is 49.4 Å². The molecule has 0 spiro atoms. The number of rotatable bonds is 2. The first-order valence-corrected chi connectivity index (χ1v) is 13.1. The van der Waals surface area contributed by atoms with E-state index in [0.717, 1.165) is 21.9 Å². The van der Waals surface area contributed by atoms with Crippen LogP contribution in [0, 0.1) is 36.5 Å². The highest BCUT2D eigenvalue weighted by Crippen LogP contribution is 2.68. The minimum absolute atomic E-state index is 0.0290. The van der Waals surface area contributed by atoms with Crippen molar-refractivity contribution >= 4 is 40.6 Å². The van der Waals surface area contributed by atoms with Crippen molar-refractivity contribution in [1.29, 1.82) is 0 Å². The predicted molar refractivity (Wildman–Crippen MR) is 129 cm³/mol. The standard InChI is InChI=1S/C26H22N2O3S2/c1-12-7-9-14(10-8-12)28-24(29)19-15-11-16(20(19)25(28)30)21-18(15)17(13-5-3-2-4-6-13)22-23(32-21)27-26(31)33-22/h2-10,15-21H,11H2,1H3,(H,27,31)/t15-,16-,17-,18-,19+,20-,21-/m1/s1. The molecule has 0 unspecified atom stereocenters. The number of hydrogen-bond donors (Lipinski definition) is 1. The maximum Gasteiger partial charge on any atom is 0.305 e. The van der Waals surface area contributed by atoms with Gasteiger partial charge in [-0.2, -0.15) is 0 Å². The summed E-state index contributed by atoms with van der Waals surface area (Å²) >= 11 is 3.03. The topological polar surface area (TPSA) is 70.2 Å². The Morgan fingerprint density at radius 2 is 1.61 bits per heavy atom. The molecule has 2 aliphatic carbocycles. The summed E-state index contributed by atoms with van der Waals surface area (Å²) in [4.78, 5) is 45.1. The lowest BCUT2D eigenvalue weighted by Gasteiger charge is -2.43. The van der Waals surface area contributed by atoms with E-state index in [9.17, 15) is 14.4 Å². The molecule has 2 saturated carbocycles. The zero-order valence-electron chi connectivity index (χ0n) is 17.9. The van der Waals surface area contributed by atoms with Crippen LogP contribution in [0.4, 0.5) is 5.69 Å². The number of carbonyl (C=O) groups is 2. The quantitative estimate of drug-likeness (QED) is 0.558. The van der Waals surface area contributed by atoms with Gasteiger partial charge in [-0.15, -0.1) is 11.8 Å². The van der Waals surface area contributed by atoms with Gasteiger partial charge in [0, 0.05) is 16.0 Å². The monoisotopic (exact) mass is 474 g/mol. The number of imide groups is 1. The predicted octanol–water partition coefficient (Wildman–Crippen LogP) is 4.42. The van der Waals surface area contributed by atoms with Gasteiger partial charge in [0.05, 0.1) is 22.5 Å². The Bertz CT molecular complexity index is 1350. The molecule has 5 nitrogen and oxygen atoms in total. The molecule has 0 radical (unpaired) electrons. The van der Waals surface area contributed by atoms with Crippen molar-refractivity contribution in [3.05, 3.63) is 80.3 Å². The van der Waals surface area contributed by atoms with Crippen LogP contribution in [0.15, 0.2) is 64.4 Å². The van der Waals surface area contributed by atoms with Crippen LogP contribution in [0.25, 0.3) is 0 Å². The van der Waals surface area contributed by atoms with Crippen molar-refractivity contribution in [2.75, 3.05) is 4.90 Å². The third kappa shape index (κ3) is 2.63. The van der Waals surface area contributed by atoms with E-state index >= 15 is 0 Å². The van der Waals surface area contributed by atoms with E-state index in [4.69, 9.17) is 0 Å². The van der Waals surface area contributed by atoms with Gasteiger partial charge in [0.15, 0.2) is 0 Å². The Labute approximate surface area is 199 Å². The maximum atomic E-state index is 13.7. The maximum absolute atomic E-state index is 13.7. The SMILES string of the molecule is Cc1ccc(N2C(=O)[C@@H]3[C@H]4C[C@@H]([C@@H]3C2=O)[C@@H]2[C@@H](c3ccccc3)c3sc(=O)[nH]c3S[C@H]42)cc1. The summed E-state index contributed by atoms with van der Waals surface area (Å²) in [6.45, 7) is 2.00. The van der Waals surface area contributed by atoms with Gasteiger partial charge in [0.25, 0.3) is 0 Å². The Kier molecular flexibility index (Phi) is 4.16. The van der Waals surface area contributed by atoms with Gasteiger partial charge in [-0.1, -0.05) is 59.4 Å². The number of thioether (sulfide) groups is 1. The van der Waals surface area contributed by atoms with Gasteiger partial charge >= 0.3 is 4.87 Å². The largest absolute Gasteiger partial charge is 0.307 e. The first kappa shape index (κ1) is 19.8. The number of nitrogens with zero attached hydrogens (tertiary/aromatic N) is 1. The van der Waals surface area contributed by atoms with E-state index in [2.05, 4.69) is 17.1 Å². The number of anilines is 1. The number of H-pyrrole nitrogens is 1. The molecule has 1 N–H and O–H groups in total. The fraction of sp³-hybridized carbons (Fsp3) is 0.346. The molecule has 7 rings (SSSR count). The van der Waals surface area contributed by atoms with Gasteiger partial charge in [0.1, 0.15) is 0 Å². The van der Waals surface area contributed by atoms with E-state index in [1.54, 1.807) is 11.8 Å². The van der Waals surface area contributed by atoms with Gasteiger partial charge in [0.2, 0.25) is 11.8 Å². The highest BCUT2D eigenvalue weighted by molar-refractivity contribution is 8.00. The molecule has 7 atom stereocenters. The number of hydrogen-bond acceptors (Lipinski definition) is 5. The Balaban J connectivity index is 1.33. The van der Waals surface area contributed by atoms with E-state index < -0.39 is 0 Å². The van der Waals surface area contributed by atoms with Crippen LogP contribution in [0.2, 0.25) is 0 Å². The lowest BCUT2D eigenvalue weighted by atomic mass is 9.68. The van der Waals surface area contributed by atoms with Gasteiger partial charge in [-0.05, 0) is 48.8 Å². The van der Waals surface area contributed by atoms with Gasteiger partial charge in [-0.3, -0.25) is 19.3 Å². The number of amides is 2. The Morgan fingerprint density at radius 3 is 2.33 bits per heavy atom. The van der Waals surface area contributed by atoms with Crippen LogP contribution in [0.3, 0.4) is 0 Å². The molecule has 1 aromatic heterocycles. The first-order chi connectivity index (χ1) is 16.0. The Morgan fingerprint density at radius 1 is 0.909 bits per heavy atom. The molecule has 2 aromatic carbocycles. The number of nitrogens with one attached hydrogen (secondary N) is 1. The molecule has 2 aliphatic heterocycles. The number of aromatic amines is 1. The zero-order valence-corrected chi connectivity index (χ0v) is 19.6. The fourth-order valence-electron chi connectivity index (χ4n) is 7.00. The summed E-state index contributed by atoms with van der Waals surface area (Å²) in [5.41, 5.74) is 2.98. The van der Waals surface area contributed by atoms with Crippen molar-refractivity contribution in [2.45, 2.75) is 29.5 Å². The lowest BCUT2D eigenvalue weighted by Crippen LogP contribution is -2.42. The van der Waals surface area contributed by atoms with Crippen molar-refractivity contribution in [2.24, 2.45) is 29.6 Å². The number of fused-ring (bicyclic) bond motifs is 9. The molecular formula is C26H22N2O3S2. The average Bonchev–Trinajstić information content (AvgIpc) is 3.54. The molecule has 33 heavy (non-hydrogen) atoms. The third-order valence-electron chi connectivity index (χ3n) is 8.17. The van der Waals surface area contributed by atoms with E-state index in [1.165, 1.54) is 21.8 Å².